The molecule has 39 heavy (non-hydrogen) atoms. The molecule has 4 rings (SSSR count). The standard InChI is InChI=1S/C31H37N3O5/c1-5-6-19-38-29(36)23-11-13-26-22(20-23)12-14-27(32-26)33-28(35)25-10-8-7-9-24(25)21-15-17-34(18-16-21)30(37)39-31(2,3)4/h7-14,20-21H,5-6,15-19H2,1-4H3,(H,32,33,35). The molecule has 3 aromatic rings. The Morgan fingerprint density at radius 1 is 1.03 bits per heavy atom. The van der Waals surface area contributed by atoms with E-state index in [4.69, 9.17) is 9.47 Å². The van der Waals surface area contributed by atoms with Gasteiger partial charge in [-0.3, -0.25) is 4.79 Å². The van der Waals surface area contributed by atoms with E-state index in [1.54, 1.807) is 29.2 Å². The predicted octanol–water partition coefficient (Wildman–Crippen LogP) is 6.56. The second-order valence-electron chi connectivity index (χ2n) is 10.9. The Balaban J connectivity index is 1.42. The smallest absolute Gasteiger partial charge is 0.410 e. The molecule has 1 aliphatic rings. The van der Waals surface area contributed by atoms with E-state index in [1.165, 1.54) is 0 Å². The average Bonchev–Trinajstić information content (AvgIpc) is 2.92. The number of rotatable bonds is 7. The van der Waals surface area contributed by atoms with Gasteiger partial charge in [0.2, 0.25) is 0 Å². The quantitative estimate of drug-likeness (QED) is 0.274. The number of carbonyl (C=O) groups is 3. The van der Waals surface area contributed by atoms with Crippen LogP contribution in [-0.2, 0) is 9.47 Å². The Morgan fingerprint density at radius 2 is 1.77 bits per heavy atom. The first-order valence-corrected chi connectivity index (χ1v) is 13.6. The van der Waals surface area contributed by atoms with Crippen LogP contribution in [-0.4, -0.2) is 53.2 Å². The molecule has 1 aromatic heterocycles. The van der Waals surface area contributed by atoms with Gasteiger partial charge >= 0.3 is 12.1 Å². The summed E-state index contributed by atoms with van der Waals surface area (Å²) < 4.78 is 10.8. The van der Waals surface area contributed by atoms with Gasteiger partial charge in [0.05, 0.1) is 17.7 Å². The van der Waals surface area contributed by atoms with Gasteiger partial charge < -0.3 is 19.7 Å². The number of hydrogen-bond acceptors (Lipinski definition) is 6. The van der Waals surface area contributed by atoms with Gasteiger partial charge in [0, 0.05) is 24.0 Å². The van der Waals surface area contributed by atoms with E-state index < -0.39 is 5.60 Å². The summed E-state index contributed by atoms with van der Waals surface area (Å²) in [5.41, 5.74) is 2.17. The van der Waals surface area contributed by atoms with Crippen LogP contribution in [0.4, 0.5) is 10.6 Å². The van der Waals surface area contributed by atoms with Crippen LogP contribution in [0.15, 0.2) is 54.6 Å². The average molecular weight is 532 g/mol. The Morgan fingerprint density at radius 3 is 2.49 bits per heavy atom. The van der Waals surface area contributed by atoms with Crippen molar-refractivity contribution in [2.24, 2.45) is 0 Å². The molecule has 1 fully saturated rings. The van der Waals surface area contributed by atoms with E-state index in [0.717, 1.165) is 36.6 Å². The van der Waals surface area contributed by atoms with Crippen LogP contribution in [0.5, 0.6) is 0 Å². The van der Waals surface area contributed by atoms with Crippen LogP contribution in [0.25, 0.3) is 10.9 Å². The van der Waals surface area contributed by atoms with Gasteiger partial charge in [-0.15, -0.1) is 0 Å². The van der Waals surface area contributed by atoms with Crippen molar-refractivity contribution in [2.75, 3.05) is 25.0 Å². The van der Waals surface area contributed by atoms with Crippen molar-refractivity contribution in [1.82, 2.24) is 9.88 Å². The molecule has 1 N–H and O–H groups in total. The fourth-order valence-corrected chi connectivity index (χ4v) is 4.66. The second kappa shape index (κ2) is 12.3. The molecule has 0 saturated carbocycles. The molecule has 0 spiro atoms. The zero-order valence-corrected chi connectivity index (χ0v) is 23.2. The number of benzene rings is 2. The molecule has 0 unspecified atom stereocenters. The molecule has 2 aromatic carbocycles. The topological polar surface area (TPSA) is 97.8 Å². The number of esters is 1. The minimum Gasteiger partial charge on any atom is -0.462 e. The van der Waals surface area contributed by atoms with Crippen molar-refractivity contribution in [3.05, 3.63) is 71.3 Å². The minimum absolute atomic E-state index is 0.158. The summed E-state index contributed by atoms with van der Waals surface area (Å²) in [5.74, 6) is 0.00503. The van der Waals surface area contributed by atoms with Crippen LogP contribution in [0.3, 0.4) is 0 Å². The minimum atomic E-state index is -0.530. The number of piperidine rings is 1. The summed E-state index contributed by atoms with van der Waals surface area (Å²) in [6.45, 7) is 9.19. The lowest BCUT2D eigenvalue weighted by atomic mass is 9.86. The van der Waals surface area contributed by atoms with Crippen LogP contribution >= 0.6 is 0 Å². The lowest BCUT2D eigenvalue weighted by Gasteiger charge is -2.34. The van der Waals surface area contributed by atoms with Crippen molar-refractivity contribution in [3.63, 3.8) is 0 Å². The van der Waals surface area contributed by atoms with Gasteiger partial charge in [-0.2, -0.15) is 0 Å². The summed E-state index contributed by atoms with van der Waals surface area (Å²) in [7, 11) is 0. The van der Waals surface area contributed by atoms with Crippen LogP contribution in [0, 0.1) is 0 Å². The highest BCUT2D eigenvalue weighted by Crippen LogP contribution is 2.31. The number of pyridine rings is 1. The maximum absolute atomic E-state index is 13.3. The SMILES string of the molecule is CCCCOC(=O)c1ccc2nc(NC(=O)c3ccccc3C3CCN(C(=O)OC(C)(C)C)CC3)ccc2c1. The van der Waals surface area contributed by atoms with Crippen molar-refractivity contribution >= 4 is 34.7 Å². The number of likely N-dealkylation sites (tertiary alicyclic amines) is 1. The molecule has 8 heteroatoms. The number of hydrogen-bond donors (Lipinski definition) is 1. The largest absolute Gasteiger partial charge is 0.462 e. The number of aromatic nitrogens is 1. The first-order valence-electron chi connectivity index (χ1n) is 13.6. The molecule has 0 radical (unpaired) electrons. The highest BCUT2D eigenvalue weighted by atomic mass is 16.6. The summed E-state index contributed by atoms with van der Waals surface area (Å²) in [6, 6.07) is 16.4. The number of ether oxygens (including phenoxy) is 2. The highest BCUT2D eigenvalue weighted by molar-refractivity contribution is 6.05. The molecule has 1 aliphatic heterocycles. The summed E-state index contributed by atoms with van der Waals surface area (Å²) in [4.78, 5) is 44.3. The second-order valence-corrected chi connectivity index (χ2v) is 10.9. The number of amides is 2. The van der Waals surface area contributed by atoms with Crippen molar-refractivity contribution in [1.29, 1.82) is 0 Å². The van der Waals surface area contributed by atoms with Crippen LogP contribution < -0.4 is 5.32 Å². The summed E-state index contributed by atoms with van der Waals surface area (Å²) in [6.07, 6.45) is 3.00. The molecule has 2 heterocycles. The van der Waals surface area contributed by atoms with E-state index in [2.05, 4.69) is 10.3 Å². The maximum Gasteiger partial charge on any atom is 0.410 e. The van der Waals surface area contributed by atoms with Crippen molar-refractivity contribution in [2.45, 2.75) is 64.9 Å². The van der Waals surface area contributed by atoms with Crippen molar-refractivity contribution < 1.29 is 23.9 Å². The summed E-state index contributed by atoms with van der Waals surface area (Å²) in [5, 5.41) is 3.72. The fourth-order valence-electron chi connectivity index (χ4n) is 4.66. The van der Waals surface area contributed by atoms with Gasteiger partial charge in [-0.05, 0) is 87.9 Å². The Labute approximate surface area is 229 Å². The van der Waals surface area contributed by atoms with Gasteiger partial charge in [-0.1, -0.05) is 31.5 Å². The summed E-state index contributed by atoms with van der Waals surface area (Å²) >= 11 is 0. The van der Waals surface area contributed by atoms with E-state index in [9.17, 15) is 14.4 Å². The van der Waals surface area contributed by atoms with E-state index in [-0.39, 0.29) is 23.9 Å². The zero-order valence-electron chi connectivity index (χ0n) is 23.2. The lowest BCUT2D eigenvalue weighted by molar-refractivity contribution is 0.0204. The van der Waals surface area contributed by atoms with Gasteiger partial charge in [0.15, 0.2) is 0 Å². The van der Waals surface area contributed by atoms with E-state index >= 15 is 0 Å². The Kier molecular flexibility index (Phi) is 8.84. The third-order valence-electron chi connectivity index (χ3n) is 6.69. The Bertz CT molecular complexity index is 1340. The maximum atomic E-state index is 13.3. The molecule has 1 saturated heterocycles. The molecule has 0 atom stereocenters. The molecule has 0 bridgehead atoms. The van der Waals surface area contributed by atoms with Gasteiger partial charge in [0.1, 0.15) is 11.4 Å². The lowest BCUT2D eigenvalue weighted by Crippen LogP contribution is -2.41. The van der Waals surface area contributed by atoms with Crippen LogP contribution in [0.2, 0.25) is 0 Å². The fraction of sp³-hybridized carbons (Fsp3) is 0.419. The molecular weight excluding hydrogens is 494 g/mol. The predicted molar refractivity (Wildman–Crippen MR) is 151 cm³/mol. The third-order valence-corrected chi connectivity index (χ3v) is 6.69. The normalized spacial score (nSPS) is 14.2. The number of nitrogens with zero attached hydrogens (tertiary/aromatic N) is 2. The van der Waals surface area contributed by atoms with Crippen molar-refractivity contribution in [3.8, 4) is 0 Å². The number of unbranched alkanes of at least 4 members (excludes halogenated alkanes) is 1. The molecule has 8 nitrogen and oxygen atoms in total. The number of fused-ring (bicyclic) bond motifs is 1. The number of carbonyl (C=O) groups excluding carboxylic acids is 3. The molecule has 2 amide bonds. The molecule has 206 valence electrons. The van der Waals surface area contributed by atoms with Crippen LogP contribution in [0.1, 0.15) is 85.6 Å². The first-order chi connectivity index (χ1) is 18.6. The zero-order chi connectivity index (χ0) is 28.0. The third kappa shape index (κ3) is 7.34. The monoisotopic (exact) mass is 531 g/mol. The van der Waals surface area contributed by atoms with E-state index in [0.29, 0.717) is 42.2 Å². The molecule has 0 aliphatic carbocycles. The molecular formula is C31H37N3O5. The van der Waals surface area contributed by atoms with E-state index in [1.807, 2.05) is 58.0 Å². The number of anilines is 1. The van der Waals surface area contributed by atoms with Gasteiger partial charge in [0.25, 0.3) is 5.91 Å². The van der Waals surface area contributed by atoms with Gasteiger partial charge in [-0.25, -0.2) is 14.6 Å². The highest BCUT2D eigenvalue weighted by Gasteiger charge is 2.29. The Hall–Kier alpha value is -3.94. The first kappa shape index (κ1) is 28.1. The number of nitrogens with one attached hydrogen (secondary N) is 1.